The summed E-state index contributed by atoms with van der Waals surface area (Å²) in [6, 6.07) is 10.3. The second-order valence-electron chi connectivity index (χ2n) is 6.42. The second kappa shape index (κ2) is 11.2. The van der Waals surface area contributed by atoms with Gasteiger partial charge in [0.25, 0.3) is 0 Å². The number of aryl methyl sites for hydroxylation is 1. The molecule has 0 amide bonds. The number of carbonyl (C=O) groups excluding carboxylic acids is 1. The molecule has 0 aliphatic rings. The predicted molar refractivity (Wildman–Crippen MR) is 104 cm³/mol. The molecule has 0 aliphatic carbocycles. The Bertz CT molecular complexity index is 681. The van der Waals surface area contributed by atoms with Crippen molar-refractivity contribution in [1.82, 2.24) is 9.97 Å². The highest BCUT2D eigenvalue weighted by molar-refractivity contribution is 5.83. The molecule has 1 atom stereocenters. The zero-order valence-corrected chi connectivity index (χ0v) is 15.7. The van der Waals surface area contributed by atoms with E-state index in [2.05, 4.69) is 35.9 Å². The molecule has 2 rings (SSSR count). The summed E-state index contributed by atoms with van der Waals surface area (Å²) in [6.45, 7) is 4.31. The van der Waals surface area contributed by atoms with E-state index in [1.807, 2.05) is 24.3 Å². The van der Waals surface area contributed by atoms with Crippen molar-refractivity contribution in [2.24, 2.45) is 0 Å². The van der Waals surface area contributed by atoms with Crippen LogP contribution in [0.4, 0.5) is 0 Å². The normalized spacial score (nSPS) is 12.2. The number of allylic oxidation sites excluding steroid dienone is 1. The Morgan fingerprint density at radius 2 is 1.81 bits per heavy atom. The molecule has 0 saturated carbocycles. The SMILES string of the molecule is CCCCCc1cnc(OC(=O)C=CC(CCC)c2ccccc2)nc1. The number of unbranched alkanes of at least 4 members (excludes halogenated alkanes) is 2. The number of hydrogen-bond donors (Lipinski definition) is 0. The largest absolute Gasteiger partial charge is 0.388 e. The van der Waals surface area contributed by atoms with Crippen molar-refractivity contribution < 1.29 is 9.53 Å². The molecule has 1 aromatic carbocycles. The standard InChI is InChI=1S/C22H28N2O2/c1-3-5-7-11-18-16-23-22(24-17-18)26-21(25)15-14-19(10-4-2)20-12-8-6-9-13-20/h6,8-9,12-17,19H,3-5,7,10-11H2,1-2H3. The second-order valence-corrected chi connectivity index (χ2v) is 6.42. The Labute approximate surface area is 156 Å². The van der Waals surface area contributed by atoms with Gasteiger partial charge >= 0.3 is 12.0 Å². The van der Waals surface area contributed by atoms with E-state index in [0.29, 0.717) is 0 Å². The summed E-state index contributed by atoms with van der Waals surface area (Å²) in [5.74, 6) is -0.239. The third-order valence-corrected chi connectivity index (χ3v) is 4.23. The number of rotatable bonds is 10. The zero-order chi connectivity index (χ0) is 18.6. The maximum atomic E-state index is 12.1. The highest BCUT2D eigenvalue weighted by Gasteiger charge is 2.09. The van der Waals surface area contributed by atoms with Crippen LogP contribution in [0.2, 0.25) is 0 Å². The summed E-state index contributed by atoms with van der Waals surface area (Å²) < 4.78 is 5.21. The first-order valence-electron chi connectivity index (χ1n) is 9.48. The summed E-state index contributed by atoms with van der Waals surface area (Å²) in [5, 5.41) is 0. The summed E-state index contributed by atoms with van der Waals surface area (Å²) in [6.07, 6.45) is 13.3. The van der Waals surface area contributed by atoms with Gasteiger partial charge in [-0.3, -0.25) is 0 Å². The van der Waals surface area contributed by atoms with Crippen LogP contribution in [0.1, 0.15) is 63.0 Å². The Hall–Kier alpha value is -2.49. The topological polar surface area (TPSA) is 52.1 Å². The van der Waals surface area contributed by atoms with E-state index in [0.717, 1.165) is 31.2 Å². The monoisotopic (exact) mass is 352 g/mol. The maximum Gasteiger partial charge on any atom is 0.338 e. The van der Waals surface area contributed by atoms with Gasteiger partial charge in [-0.1, -0.05) is 69.5 Å². The van der Waals surface area contributed by atoms with E-state index in [1.165, 1.54) is 24.5 Å². The van der Waals surface area contributed by atoms with Gasteiger partial charge < -0.3 is 4.74 Å². The molecule has 4 nitrogen and oxygen atoms in total. The van der Waals surface area contributed by atoms with Gasteiger partial charge in [-0.15, -0.1) is 0 Å². The number of nitrogens with zero attached hydrogens (tertiary/aromatic N) is 2. The van der Waals surface area contributed by atoms with Crippen LogP contribution in [0, 0.1) is 0 Å². The van der Waals surface area contributed by atoms with E-state index in [-0.39, 0.29) is 11.9 Å². The Morgan fingerprint density at radius 3 is 2.46 bits per heavy atom. The van der Waals surface area contributed by atoms with Crippen molar-refractivity contribution in [2.45, 2.75) is 58.3 Å². The number of carbonyl (C=O) groups is 1. The molecule has 0 aliphatic heterocycles. The fraction of sp³-hybridized carbons (Fsp3) is 0.409. The smallest absolute Gasteiger partial charge is 0.338 e. The van der Waals surface area contributed by atoms with Crippen molar-refractivity contribution in [3.63, 3.8) is 0 Å². The lowest BCUT2D eigenvalue weighted by molar-refractivity contribution is -0.129. The number of ether oxygens (including phenoxy) is 1. The number of aromatic nitrogens is 2. The quantitative estimate of drug-likeness (QED) is 0.333. The Kier molecular flexibility index (Phi) is 8.53. The molecule has 0 spiro atoms. The lowest BCUT2D eigenvalue weighted by atomic mass is 9.94. The van der Waals surface area contributed by atoms with Crippen LogP contribution in [-0.4, -0.2) is 15.9 Å². The van der Waals surface area contributed by atoms with Crippen LogP contribution in [0.15, 0.2) is 54.9 Å². The van der Waals surface area contributed by atoms with Gasteiger partial charge in [0, 0.05) is 24.4 Å². The zero-order valence-electron chi connectivity index (χ0n) is 15.7. The minimum absolute atomic E-state index is 0.102. The van der Waals surface area contributed by atoms with Gasteiger partial charge in [-0.2, -0.15) is 0 Å². The highest BCUT2D eigenvalue weighted by Crippen LogP contribution is 2.22. The molecule has 0 radical (unpaired) electrons. The molecule has 0 N–H and O–H groups in total. The first-order valence-corrected chi connectivity index (χ1v) is 9.48. The molecule has 0 saturated heterocycles. The lowest BCUT2D eigenvalue weighted by Gasteiger charge is -2.11. The number of hydrogen-bond acceptors (Lipinski definition) is 4. The molecule has 1 aromatic heterocycles. The summed E-state index contributed by atoms with van der Waals surface area (Å²) in [4.78, 5) is 20.3. The molecule has 1 unspecified atom stereocenters. The van der Waals surface area contributed by atoms with Crippen molar-refractivity contribution in [3.8, 4) is 6.01 Å². The summed E-state index contributed by atoms with van der Waals surface area (Å²) >= 11 is 0. The Balaban J connectivity index is 1.91. The maximum absolute atomic E-state index is 12.1. The molecular formula is C22H28N2O2. The molecule has 4 heteroatoms. The third kappa shape index (κ3) is 6.79. The van der Waals surface area contributed by atoms with Gasteiger partial charge in [0.05, 0.1) is 0 Å². The van der Waals surface area contributed by atoms with E-state index in [4.69, 9.17) is 4.74 Å². The first kappa shape index (κ1) is 19.8. The van der Waals surface area contributed by atoms with Crippen molar-refractivity contribution in [1.29, 1.82) is 0 Å². The van der Waals surface area contributed by atoms with Crippen LogP contribution in [-0.2, 0) is 11.2 Å². The van der Waals surface area contributed by atoms with E-state index < -0.39 is 5.97 Å². The van der Waals surface area contributed by atoms with Crippen LogP contribution < -0.4 is 4.74 Å². The molecule has 26 heavy (non-hydrogen) atoms. The van der Waals surface area contributed by atoms with Gasteiger partial charge in [-0.05, 0) is 30.4 Å². The van der Waals surface area contributed by atoms with E-state index in [1.54, 1.807) is 12.4 Å². The predicted octanol–water partition coefficient (Wildman–Crippen LogP) is 5.25. The summed E-state index contributed by atoms with van der Waals surface area (Å²) in [5.41, 5.74) is 2.27. The first-order chi connectivity index (χ1) is 12.7. The molecule has 0 fully saturated rings. The van der Waals surface area contributed by atoms with Crippen molar-refractivity contribution >= 4 is 5.97 Å². The minimum Gasteiger partial charge on any atom is -0.388 e. The average molecular weight is 352 g/mol. The van der Waals surface area contributed by atoms with Crippen molar-refractivity contribution in [2.75, 3.05) is 0 Å². The molecular weight excluding hydrogens is 324 g/mol. The number of esters is 1. The lowest BCUT2D eigenvalue weighted by Crippen LogP contribution is -2.08. The number of benzene rings is 1. The molecule has 0 bridgehead atoms. The van der Waals surface area contributed by atoms with Gasteiger partial charge in [-0.25, -0.2) is 14.8 Å². The fourth-order valence-corrected chi connectivity index (χ4v) is 2.81. The van der Waals surface area contributed by atoms with Gasteiger partial charge in [0.2, 0.25) is 0 Å². The molecule has 1 heterocycles. The van der Waals surface area contributed by atoms with E-state index >= 15 is 0 Å². The van der Waals surface area contributed by atoms with Gasteiger partial charge in [0.15, 0.2) is 0 Å². The molecule has 2 aromatic rings. The van der Waals surface area contributed by atoms with E-state index in [9.17, 15) is 4.79 Å². The van der Waals surface area contributed by atoms with Gasteiger partial charge in [0.1, 0.15) is 0 Å². The van der Waals surface area contributed by atoms with Crippen LogP contribution >= 0.6 is 0 Å². The fourth-order valence-electron chi connectivity index (χ4n) is 2.81. The minimum atomic E-state index is -0.444. The van der Waals surface area contributed by atoms with Crippen LogP contribution in [0.3, 0.4) is 0 Å². The third-order valence-electron chi connectivity index (χ3n) is 4.23. The van der Waals surface area contributed by atoms with Crippen molar-refractivity contribution in [3.05, 3.63) is 66.0 Å². The van der Waals surface area contributed by atoms with Crippen LogP contribution in [0.5, 0.6) is 6.01 Å². The summed E-state index contributed by atoms with van der Waals surface area (Å²) in [7, 11) is 0. The van der Waals surface area contributed by atoms with Crippen LogP contribution in [0.25, 0.3) is 0 Å². The highest BCUT2D eigenvalue weighted by atomic mass is 16.5. The average Bonchev–Trinajstić information content (AvgIpc) is 2.67. The Morgan fingerprint density at radius 1 is 1.08 bits per heavy atom. The molecule has 138 valence electrons.